The van der Waals surface area contributed by atoms with Crippen LogP contribution >= 0.6 is 45.2 Å². The zero-order valence-corrected chi connectivity index (χ0v) is 31.7. The number of benzene rings is 1. The third-order valence-electron chi connectivity index (χ3n) is 13.0. The van der Waals surface area contributed by atoms with Crippen molar-refractivity contribution in [3.8, 4) is 5.75 Å². The lowest BCUT2D eigenvalue weighted by Crippen LogP contribution is -2.62. The summed E-state index contributed by atoms with van der Waals surface area (Å²) in [6, 6.07) is 2.05. The fraction of sp³-hybridized carbons (Fsp3) is 0.743. The largest absolute Gasteiger partial charge is 0.507 e. The van der Waals surface area contributed by atoms with Crippen LogP contribution in [-0.2, 0) is 20.8 Å². The minimum atomic E-state index is -1.19. The van der Waals surface area contributed by atoms with E-state index in [0.717, 1.165) is 32.1 Å². The van der Waals surface area contributed by atoms with Crippen molar-refractivity contribution in [1.29, 1.82) is 0 Å². The molecule has 7 N–H and O–H groups in total. The average Bonchev–Trinajstić information content (AvgIpc) is 3.36. The molecule has 47 heavy (non-hydrogen) atoms. The fourth-order valence-electron chi connectivity index (χ4n) is 10.4. The minimum absolute atomic E-state index is 0.0207. The summed E-state index contributed by atoms with van der Waals surface area (Å²) in [5, 5.41) is 58.4. The summed E-state index contributed by atoms with van der Waals surface area (Å²) in [6.45, 7) is 6.33. The second kappa shape index (κ2) is 14.6. The number of phenolic OH excluding ortho intramolecular Hbond substituents is 1. The summed E-state index contributed by atoms with van der Waals surface area (Å²) < 4.78 is 1.27. The number of aliphatic hydroxyl groups excluding tert-OH is 3. The van der Waals surface area contributed by atoms with Crippen molar-refractivity contribution >= 4 is 63.0 Å². The van der Waals surface area contributed by atoms with Gasteiger partial charge in [0.1, 0.15) is 11.8 Å². The lowest BCUT2D eigenvalue weighted by molar-refractivity contribution is -0.207. The first kappa shape index (κ1) is 37.0. The lowest BCUT2D eigenvalue weighted by Gasteiger charge is -2.63. The summed E-state index contributed by atoms with van der Waals surface area (Å²) >= 11 is 3.98. The molecular weight excluding hydrogens is 830 g/mol. The highest BCUT2D eigenvalue weighted by atomic mass is 127. The number of halogens is 2. The smallest absolute Gasteiger partial charge is 0.326 e. The number of amides is 2. The zero-order valence-electron chi connectivity index (χ0n) is 27.4. The fourth-order valence-corrected chi connectivity index (χ4v) is 11.6. The normalized spacial score (nSPS) is 37.5. The van der Waals surface area contributed by atoms with E-state index in [1.165, 1.54) is 0 Å². The Labute approximate surface area is 304 Å². The molecule has 0 spiro atoms. The van der Waals surface area contributed by atoms with Crippen LogP contribution in [0.15, 0.2) is 12.1 Å². The predicted molar refractivity (Wildman–Crippen MR) is 192 cm³/mol. The van der Waals surface area contributed by atoms with Crippen molar-refractivity contribution in [3.63, 3.8) is 0 Å². The van der Waals surface area contributed by atoms with Gasteiger partial charge in [-0.2, -0.15) is 0 Å². The molecule has 12 heteroatoms. The third-order valence-corrected chi connectivity index (χ3v) is 14.8. The number of carbonyl (C=O) groups excluding carboxylic acids is 2. The Morgan fingerprint density at radius 2 is 1.70 bits per heavy atom. The number of phenols is 1. The third kappa shape index (κ3) is 7.32. The molecule has 4 aliphatic rings. The lowest BCUT2D eigenvalue weighted by atomic mass is 9.43. The van der Waals surface area contributed by atoms with Gasteiger partial charge in [0.2, 0.25) is 11.8 Å². The van der Waals surface area contributed by atoms with Crippen LogP contribution in [0.3, 0.4) is 0 Å². The molecule has 1 aromatic rings. The number of aromatic hydroxyl groups is 1. The molecule has 4 saturated carbocycles. The van der Waals surface area contributed by atoms with Crippen LogP contribution in [0.5, 0.6) is 5.75 Å². The van der Waals surface area contributed by atoms with Gasteiger partial charge in [-0.15, -0.1) is 0 Å². The number of carboxylic acids is 1. The number of hydrogen-bond donors (Lipinski definition) is 7. The maximum absolute atomic E-state index is 12.8. The summed E-state index contributed by atoms with van der Waals surface area (Å²) in [7, 11) is 0. The van der Waals surface area contributed by atoms with Crippen molar-refractivity contribution in [2.24, 2.45) is 46.3 Å². The van der Waals surface area contributed by atoms with Gasteiger partial charge in [-0.3, -0.25) is 9.59 Å². The van der Waals surface area contributed by atoms with Gasteiger partial charge >= 0.3 is 5.97 Å². The maximum Gasteiger partial charge on any atom is 0.326 e. The number of carbonyl (C=O) groups is 3. The second-order valence-electron chi connectivity index (χ2n) is 15.4. The maximum atomic E-state index is 12.8. The topological polar surface area (TPSA) is 176 Å². The molecule has 2 amide bonds. The molecule has 1 aromatic carbocycles. The second-order valence-corrected chi connectivity index (χ2v) is 17.7. The first-order chi connectivity index (χ1) is 22.1. The summed E-state index contributed by atoms with van der Waals surface area (Å²) in [6.07, 6.45) is 5.34. The molecule has 5 rings (SSSR count). The van der Waals surface area contributed by atoms with Crippen molar-refractivity contribution in [2.45, 2.75) is 109 Å². The monoisotopic (exact) mass is 880 g/mol. The number of nitrogens with one attached hydrogen (secondary N) is 2. The van der Waals surface area contributed by atoms with Gasteiger partial charge in [0.15, 0.2) is 0 Å². The summed E-state index contributed by atoms with van der Waals surface area (Å²) in [4.78, 5) is 37.3. The standard InChI is InChI=1S/C35H50I2N2O8/c1-17(4-7-30(44)38-16-31(45)39-26(33(46)47)11-18-10-25(37)27(41)15-24(18)36)21-5-6-22-32-23(14-29(43)35(21,22)3)34(2)9-8-20(40)12-19(34)13-28(32)42/h10,15,17,19-23,26,28-29,32,40-43H,4-9,11-14,16H2,1-3H3,(H,38,44)(H,39,45)(H,46,47)/t17-,19?,20-,21-,22+,23+,26+,28-,29+,32+,34+,35-/m1/s1. The van der Waals surface area contributed by atoms with Crippen molar-refractivity contribution in [1.82, 2.24) is 10.6 Å². The first-order valence-corrected chi connectivity index (χ1v) is 19.2. The number of aliphatic hydroxyl groups is 3. The van der Waals surface area contributed by atoms with Crippen LogP contribution in [0.1, 0.15) is 84.1 Å². The number of aliphatic carboxylic acids is 1. The van der Waals surface area contributed by atoms with Crippen molar-refractivity contribution in [2.75, 3.05) is 6.54 Å². The Bertz CT molecular complexity index is 1360. The van der Waals surface area contributed by atoms with Gasteiger partial charge in [0.25, 0.3) is 0 Å². The molecule has 0 aliphatic heterocycles. The van der Waals surface area contributed by atoms with E-state index in [4.69, 9.17) is 0 Å². The molecule has 1 unspecified atom stereocenters. The molecule has 4 aliphatic carbocycles. The zero-order chi connectivity index (χ0) is 34.4. The molecule has 0 bridgehead atoms. The minimum Gasteiger partial charge on any atom is -0.507 e. The van der Waals surface area contributed by atoms with Gasteiger partial charge in [0.05, 0.1) is 28.4 Å². The summed E-state index contributed by atoms with van der Waals surface area (Å²) in [5.41, 5.74) is 0.353. The molecular formula is C35H50I2N2O8. The average molecular weight is 881 g/mol. The SMILES string of the molecule is C[C@H](CCC(=O)NCC(=O)N[C@@H](Cc1cc(I)c(O)cc1I)C(=O)O)[C@H]1CC[C@H]2[C@@H]3[C@H](O)CC4C[C@H](O)CC[C@]4(C)[C@H]3C[C@H](O)[C@]12C. The highest BCUT2D eigenvalue weighted by molar-refractivity contribution is 14.1. The van der Waals surface area contributed by atoms with Gasteiger partial charge in [-0.05, 0) is 161 Å². The van der Waals surface area contributed by atoms with Gasteiger partial charge < -0.3 is 36.2 Å². The molecule has 12 atom stereocenters. The molecule has 10 nitrogen and oxygen atoms in total. The van der Waals surface area contributed by atoms with E-state index >= 15 is 0 Å². The van der Waals surface area contributed by atoms with E-state index in [-0.39, 0.29) is 83.5 Å². The summed E-state index contributed by atoms with van der Waals surface area (Å²) in [5.74, 6) is -0.766. The Morgan fingerprint density at radius 1 is 0.979 bits per heavy atom. The van der Waals surface area contributed by atoms with Gasteiger partial charge in [-0.1, -0.05) is 20.8 Å². The molecule has 0 saturated heterocycles. The number of rotatable bonds is 10. The molecule has 262 valence electrons. The Kier molecular flexibility index (Phi) is 11.5. The van der Waals surface area contributed by atoms with Crippen LogP contribution in [0.2, 0.25) is 0 Å². The van der Waals surface area contributed by atoms with E-state index in [2.05, 4.69) is 31.4 Å². The van der Waals surface area contributed by atoms with Gasteiger partial charge in [0, 0.05) is 16.4 Å². The number of carboxylic acid groups (broad SMARTS) is 1. The number of hydrogen-bond acceptors (Lipinski definition) is 7. The van der Waals surface area contributed by atoms with Crippen molar-refractivity contribution in [3.05, 3.63) is 24.8 Å². The van der Waals surface area contributed by atoms with Gasteiger partial charge in [-0.25, -0.2) is 4.79 Å². The Hall–Kier alpha value is -1.23. The van der Waals surface area contributed by atoms with Crippen LogP contribution < -0.4 is 10.6 Å². The van der Waals surface area contributed by atoms with E-state index in [0.29, 0.717) is 32.0 Å². The quantitative estimate of drug-likeness (QED) is 0.171. The van der Waals surface area contributed by atoms with Crippen molar-refractivity contribution < 1.29 is 39.9 Å². The Morgan fingerprint density at radius 3 is 2.40 bits per heavy atom. The molecule has 0 heterocycles. The van der Waals surface area contributed by atoms with Crippen LogP contribution in [-0.4, -0.2) is 74.2 Å². The van der Waals surface area contributed by atoms with E-state index in [1.54, 1.807) is 12.1 Å². The van der Waals surface area contributed by atoms with Crippen LogP contribution in [0.25, 0.3) is 0 Å². The molecule has 0 radical (unpaired) electrons. The van der Waals surface area contributed by atoms with E-state index in [9.17, 15) is 39.9 Å². The van der Waals surface area contributed by atoms with Crippen LogP contribution in [0.4, 0.5) is 0 Å². The van der Waals surface area contributed by atoms with E-state index < -0.39 is 30.1 Å². The molecule has 4 fully saturated rings. The first-order valence-electron chi connectivity index (χ1n) is 17.1. The highest BCUT2D eigenvalue weighted by Gasteiger charge is 2.65. The van der Waals surface area contributed by atoms with Crippen LogP contribution in [0, 0.1) is 53.5 Å². The highest BCUT2D eigenvalue weighted by Crippen LogP contribution is 2.68. The predicted octanol–water partition coefficient (Wildman–Crippen LogP) is 4.21. The van der Waals surface area contributed by atoms with E-state index in [1.807, 2.05) is 45.2 Å². The molecule has 0 aromatic heterocycles. The Balaban J connectivity index is 1.14. The number of fused-ring (bicyclic) bond motifs is 5.